The lowest BCUT2D eigenvalue weighted by Gasteiger charge is -2.25. The van der Waals surface area contributed by atoms with E-state index in [2.05, 4.69) is 0 Å². The summed E-state index contributed by atoms with van der Waals surface area (Å²) >= 11 is 1.52. The first-order chi connectivity index (χ1) is 14.1. The molecule has 0 radical (unpaired) electrons. The van der Waals surface area contributed by atoms with Crippen molar-refractivity contribution in [3.63, 3.8) is 0 Å². The zero-order valence-electron chi connectivity index (χ0n) is 15.7. The Hall–Kier alpha value is -3.38. The van der Waals surface area contributed by atoms with Gasteiger partial charge in [-0.15, -0.1) is 11.3 Å². The molecule has 1 atom stereocenters. The summed E-state index contributed by atoms with van der Waals surface area (Å²) in [5, 5.41) is 12.9. The lowest BCUT2D eigenvalue weighted by atomic mass is 9.95. The van der Waals surface area contributed by atoms with Crippen LogP contribution in [-0.4, -0.2) is 28.8 Å². The van der Waals surface area contributed by atoms with Gasteiger partial charge in [0.15, 0.2) is 0 Å². The molecule has 6 heteroatoms. The number of thiophene rings is 1. The molecule has 1 aliphatic rings. The lowest BCUT2D eigenvalue weighted by Crippen LogP contribution is -2.28. The van der Waals surface area contributed by atoms with Crippen LogP contribution in [0.2, 0.25) is 0 Å². The summed E-state index contributed by atoms with van der Waals surface area (Å²) in [6.45, 7) is 0.296. The molecule has 1 fully saturated rings. The number of likely N-dealkylation sites (tertiary alicyclic amines) is 1. The molecule has 1 aliphatic heterocycles. The summed E-state index contributed by atoms with van der Waals surface area (Å²) in [5.74, 6) is -0.786. The van der Waals surface area contributed by atoms with E-state index in [-0.39, 0.29) is 11.3 Å². The van der Waals surface area contributed by atoms with Crippen LogP contribution in [0.1, 0.15) is 22.0 Å². The maximum atomic E-state index is 12.9. The molecule has 1 amide bonds. The van der Waals surface area contributed by atoms with Crippen molar-refractivity contribution in [1.82, 2.24) is 4.90 Å². The van der Waals surface area contributed by atoms with Crippen LogP contribution in [-0.2, 0) is 16.1 Å². The molecule has 1 saturated heterocycles. The largest absolute Gasteiger partial charge is 0.507 e. The van der Waals surface area contributed by atoms with Crippen LogP contribution in [0.5, 0.6) is 5.75 Å². The number of amides is 1. The average Bonchev–Trinajstić information content (AvgIpc) is 3.36. The van der Waals surface area contributed by atoms with E-state index in [4.69, 9.17) is 4.74 Å². The Bertz CT molecular complexity index is 1060. The maximum absolute atomic E-state index is 12.9. The summed E-state index contributed by atoms with van der Waals surface area (Å²) in [6, 6.07) is 19.2. The summed E-state index contributed by atoms with van der Waals surface area (Å²) < 4.78 is 5.22. The number of ether oxygens (including phenoxy) is 1. The van der Waals surface area contributed by atoms with E-state index in [0.717, 1.165) is 10.4 Å². The van der Waals surface area contributed by atoms with Crippen LogP contribution in [0.4, 0.5) is 0 Å². The number of rotatable bonds is 5. The Morgan fingerprint density at radius 2 is 1.76 bits per heavy atom. The van der Waals surface area contributed by atoms with Crippen molar-refractivity contribution < 1.29 is 19.4 Å². The van der Waals surface area contributed by atoms with Gasteiger partial charge in [-0.25, -0.2) is 0 Å². The molecule has 3 aromatic rings. The molecule has 2 aromatic carbocycles. The number of hydrogen-bond donors (Lipinski definition) is 1. The van der Waals surface area contributed by atoms with Crippen molar-refractivity contribution >= 4 is 28.8 Å². The molecule has 0 aliphatic carbocycles. The molecule has 29 heavy (non-hydrogen) atoms. The highest BCUT2D eigenvalue weighted by atomic mass is 32.1. The van der Waals surface area contributed by atoms with Crippen molar-refractivity contribution in [2.24, 2.45) is 0 Å². The molecular formula is C23H19NO4S. The number of carbonyl (C=O) groups is 2. The van der Waals surface area contributed by atoms with Crippen molar-refractivity contribution in [3.05, 3.63) is 93.7 Å². The Balaban J connectivity index is 1.85. The SMILES string of the molecule is COc1ccc(C2/C(=C(/O)c3ccccc3)C(=O)C(=O)N2Cc2cccs2)cc1. The van der Waals surface area contributed by atoms with E-state index in [1.54, 1.807) is 43.5 Å². The first-order valence-electron chi connectivity index (χ1n) is 9.10. The predicted molar refractivity (Wildman–Crippen MR) is 112 cm³/mol. The van der Waals surface area contributed by atoms with Gasteiger partial charge in [-0.2, -0.15) is 0 Å². The number of methoxy groups -OCH3 is 1. The van der Waals surface area contributed by atoms with Gasteiger partial charge in [-0.05, 0) is 29.1 Å². The highest BCUT2D eigenvalue weighted by Gasteiger charge is 2.46. The minimum Gasteiger partial charge on any atom is -0.507 e. The summed E-state index contributed by atoms with van der Waals surface area (Å²) in [6.07, 6.45) is 0. The van der Waals surface area contributed by atoms with Crippen LogP contribution in [0.25, 0.3) is 5.76 Å². The highest BCUT2D eigenvalue weighted by molar-refractivity contribution is 7.09. The standard InChI is InChI=1S/C23H19NO4S/c1-28-17-11-9-15(10-12-17)20-19(21(25)16-6-3-2-4-7-16)22(26)23(27)24(20)14-18-8-5-13-29-18/h2-13,20,25H,14H2,1H3/b21-19-. The quantitative estimate of drug-likeness (QED) is 0.389. The molecule has 0 spiro atoms. The molecule has 0 saturated carbocycles. The zero-order valence-corrected chi connectivity index (χ0v) is 16.6. The number of nitrogens with zero attached hydrogens (tertiary/aromatic N) is 1. The Labute approximate surface area is 172 Å². The van der Waals surface area contributed by atoms with Gasteiger partial charge in [-0.1, -0.05) is 48.5 Å². The fraction of sp³-hybridized carbons (Fsp3) is 0.130. The Kier molecular flexibility index (Phi) is 5.18. The van der Waals surface area contributed by atoms with Gasteiger partial charge >= 0.3 is 0 Å². The monoisotopic (exact) mass is 405 g/mol. The number of carbonyl (C=O) groups excluding carboxylic acids is 2. The summed E-state index contributed by atoms with van der Waals surface area (Å²) in [4.78, 5) is 28.3. The van der Waals surface area contributed by atoms with Crippen molar-refractivity contribution in [2.45, 2.75) is 12.6 Å². The molecule has 146 valence electrons. The van der Waals surface area contributed by atoms with Gasteiger partial charge in [0.05, 0.1) is 25.3 Å². The molecule has 1 unspecified atom stereocenters. The third kappa shape index (κ3) is 3.54. The predicted octanol–water partition coefficient (Wildman–Crippen LogP) is 4.38. The third-order valence-electron chi connectivity index (χ3n) is 4.93. The van der Waals surface area contributed by atoms with Crippen LogP contribution >= 0.6 is 11.3 Å². The van der Waals surface area contributed by atoms with E-state index in [0.29, 0.717) is 17.9 Å². The second kappa shape index (κ2) is 7.93. The highest BCUT2D eigenvalue weighted by Crippen LogP contribution is 2.40. The Morgan fingerprint density at radius 1 is 1.03 bits per heavy atom. The van der Waals surface area contributed by atoms with Gasteiger partial charge in [0.2, 0.25) is 0 Å². The number of aliphatic hydroxyl groups excluding tert-OH is 1. The van der Waals surface area contributed by atoms with Crippen LogP contribution in [0, 0.1) is 0 Å². The van der Waals surface area contributed by atoms with Gasteiger partial charge in [0.1, 0.15) is 11.5 Å². The van der Waals surface area contributed by atoms with Crippen molar-refractivity contribution in [3.8, 4) is 5.75 Å². The average molecular weight is 405 g/mol. The van der Waals surface area contributed by atoms with Gasteiger partial charge in [0.25, 0.3) is 11.7 Å². The number of benzene rings is 2. The summed E-state index contributed by atoms with van der Waals surface area (Å²) in [7, 11) is 1.58. The fourth-order valence-electron chi connectivity index (χ4n) is 3.50. The van der Waals surface area contributed by atoms with Crippen LogP contribution in [0.15, 0.2) is 77.7 Å². The van der Waals surface area contributed by atoms with E-state index in [9.17, 15) is 14.7 Å². The summed E-state index contributed by atoms with van der Waals surface area (Å²) in [5.41, 5.74) is 1.34. The molecule has 2 heterocycles. The minimum absolute atomic E-state index is 0.0999. The maximum Gasteiger partial charge on any atom is 0.295 e. The third-order valence-corrected chi connectivity index (χ3v) is 5.79. The van der Waals surface area contributed by atoms with E-state index in [1.807, 2.05) is 35.7 Å². The van der Waals surface area contributed by atoms with Crippen LogP contribution < -0.4 is 4.74 Å². The first kappa shape index (κ1) is 19.0. The van der Waals surface area contributed by atoms with Gasteiger partial charge in [0, 0.05) is 10.4 Å². The van der Waals surface area contributed by atoms with Gasteiger partial charge in [-0.3, -0.25) is 9.59 Å². The zero-order chi connectivity index (χ0) is 20.4. The van der Waals surface area contributed by atoms with E-state index in [1.165, 1.54) is 16.2 Å². The van der Waals surface area contributed by atoms with Crippen molar-refractivity contribution in [1.29, 1.82) is 0 Å². The fourth-order valence-corrected chi connectivity index (χ4v) is 4.20. The number of aliphatic hydroxyl groups is 1. The van der Waals surface area contributed by atoms with E-state index < -0.39 is 17.7 Å². The smallest absolute Gasteiger partial charge is 0.295 e. The normalized spacial score (nSPS) is 18.2. The van der Waals surface area contributed by atoms with Crippen LogP contribution in [0.3, 0.4) is 0 Å². The molecule has 1 N–H and O–H groups in total. The lowest BCUT2D eigenvalue weighted by molar-refractivity contribution is -0.140. The molecule has 0 bridgehead atoms. The number of ketones is 1. The molecule has 1 aromatic heterocycles. The van der Waals surface area contributed by atoms with E-state index >= 15 is 0 Å². The number of Topliss-reactive ketones (excluding diaryl/α,β-unsaturated/α-hetero) is 1. The first-order valence-corrected chi connectivity index (χ1v) is 9.98. The van der Waals surface area contributed by atoms with Gasteiger partial charge < -0.3 is 14.7 Å². The topological polar surface area (TPSA) is 66.8 Å². The van der Waals surface area contributed by atoms with Crippen molar-refractivity contribution in [2.75, 3.05) is 7.11 Å². The molecule has 5 nitrogen and oxygen atoms in total. The molecule has 4 rings (SSSR count). The second-order valence-electron chi connectivity index (χ2n) is 6.65. The second-order valence-corrected chi connectivity index (χ2v) is 7.68. The minimum atomic E-state index is -0.678. The molecular weight excluding hydrogens is 386 g/mol. The Morgan fingerprint density at radius 3 is 2.38 bits per heavy atom. The number of hydrogen-bond acceptors (Lipinski definition) is 5.